The first kappa shape index (κ1) is 20.0. The first-order valence-corrected chi connectivity index (χ1v) is 10.6. The highest BCUT2D eigenvalue weighted by Gasteiger charge is 2.20. The van der Waals surface area contributed by atoms with Gasteiger partial charge in [-0.1, -0.05) is 48.2 Å². The number of nitrogens with two attached hydrogens (primary N) is 1. The Morgan fingerprint density at radius 1 is 1.10 bits per heavy atom. The largest absolute Gasteiger partial charge is 0.497 e. The molecule has 0 saturated carbocycles. The SMILES string of the molecule is COc1ccc(-c2nnc(SCC(=O)N3CC=C(c4ccccc4)CC3)n2N)cc1. The van der Waals surface area contributed by atoms with Crippen LogP contribution in [0.15, 0.2) is 65.8 Å². The minimum atomic E-state index is 0.0670. The number of aromatic nitrogens is 3. The van der Waals surface area contributed by atoms with Gasteiger partial charge < -0.3 is 15.5 Å². The second-order valence-corrected chi connectivity index (χ2v) is 7.82. The van der Waals surface area contributed by atoms with Gasteiger partial charge in [-0.05, 0) is 41.8 Å². The molecule has 1 aromatic heterocycles. The summed E-state index contributed by atoms with van der Waals surface area (Å²) >= 11 is 1.30. The second kappa shape index (κ2) is 9.04. The highest BCUT2D eigenvalue weighted by molar-refractivity contribution is 7.99. The molecular formula is C22H23N5O2S. The standard InChI is InChI=1S/C22H23N5O2S/c1-29-19-9-7-18(8-10-19)21-24-25-22(27(21)23)30-15-20(28)26-13-11-17(12-14-26)16-5-3-2-4-6-16/h2-11H,12-15,23H2,1H3. The van der Waals surface area contributed by atoms with E-state index in [4.69, 9.17) is 10.6 Å². The fourth-order valence-electron chi connectivity index (χ4n) is 3.34. The Hall–Kier alpha value is -3.26. The number of amides is 1. The molecule has 30 heavy (non-hydrogen) atoms. The molecule has 0 fully saturated rings. The summed E-state index contributed by atoms with van der Waals surface area (Å²) < 4.78 is 6.59. The van der Waals surface area contributed by atoms with Crippen molar-refractivity contribution in [3.8, 4) is 17.1 Å². The average Bonchev–Trinajstić information content (AvgIpc) is 3.18. The van der Waals surface area contributed by atoms with E-state index in [1.165, 1.54) is 27.6 Å². The van der Waals surface area contributed by atoms with Gasteiger partial charge in [-0.25, -0.2) is 4.68 Å². The predicted molar refractivity (Wildman–Crippen MR) is 119 cm³/mol. The Morgan fingerprint density at radius 3 is 2.53 bits per heavy atom. The Bertz CT molecular complexity index is 1050. The molecule has 2 N–H and O–H groups in total. The van der Waals surface area contributed by atoms with E-state index in [9.17, 15) is 4.79 Å². The first-order chi connectivity index (χ1) is 14.7. The third-order valence-electron chi connectivity index (χ3n) is 5.04. The summed E-state index contributed by atoms with van der Waals surface area (Å²) in [7, 11) is 1.62. The van der Waals surface area contributed by atoms with E-state index >= 15 is 0 Å². The number of thioether (sulfide) groups is 1. The van der Waals surface area contributed by atoms with Gasteiger partial charge in [0.2, 0.25) is 11.1 Å². The molecule has 4 rings (SSSR count). The number of carbonyl (C=O) groups is 1. The lowest BCUT2D eigenvalue weighted by Gasteiger charge is -2.26. The molecule has 1 aliphatic heterocycles. The van der Waals surface area contributed by atoms with Crippen molar-refractivity contribution in [2.45, 2.75) is 11.6 Å². The van der Waals surface area contributed by atoms with Crippen molar-refractivity contribution in [1.82, 2.24) is 19.8 Å². The van der Waals surface area contributed by atoms with Crippen LogP contribution in [0.4, 0.5) is 0 Å². The molecule has 0 saturated heterocycles. The number of ether oxygens (including phenoxy) is 1. The third kappa shape index (κ3) is 4.33. The summed E-state index contributed by atoms with van der Waals surface area (Å²) in [5.74, 6) is 7.80. The van der Waals surface area contributed by atoms with E-state index < -0.39 is 0 Å². The average molecular weight is 422 g/mol. The molecule has 3 aromatic rings. The number of hydrogen-bond acceptors (Lipinski definition) is 6. The van der Waals surface area contributed by atoms with Crippen LogP contribution in [0.3, 0.4) is 0 Å². The Balaban J connectivity index is 1.35. The third-order valence-corrected chi connectivity index (χ3v) is 5.97. The van der Waals surface area contributed by atoms with Gasteiger partial charge in [-0.3, -0.25) is 4.79 Å². The van der Waals surface area contributed by atoms with Crippen LogP contribution in [0, 0.1) is 0 Å². The summed E-state index contributed by atoms with van der Waals surface area (Å²) in [6, 6.07) is 17.7. The van der Waals surface area contributed by atoms with Gasteiger partial charge >= 0.3 is 0 Å². The molecule has 0 atom stereocenters. The van der Waals surface area contributed by atoms with Crippen molar-refractivity contribution >= 4 is 23.2 Å². The van der Waals surface area contributed by atoms with Gasteiger partial charge in [0.25, 0.3) is 0 Å². The minimum absolute atomic E-state index is 0.0670. The first-order valence-electron chi connectivity index (χ1n) is 9.65. The van der Waals surface area contributed by atoms with Gasteiger partial charge in [0, 0.05) is 18.7 Å². The van der Waals surface area contributed by atoms with Crippen LogP contribution in [0.25, 0.3) is 17.0 Å². The molecule has 1 amide bonds. The maximum Gasteiger partial charge on any atom is 0.233 e. The number of nitrogens with zero attached hydrogens (tertiary/aromatic N) is 4. The Kier molecular flexibility index (Phi) is 6.04. The van der Waals surface area contributed by atoms with Gasteiger partial charge in [0.1, 0.15) is 5.75 Å². The van der Waals surface area contributed by atoms with E-state index in [-0.39, 0.29) is 11.7 Å². The molecule has 154 valence electrons. The zero-order valence-corrected chi connectivity index (χ0v) is 17.5. The van der Waals surface area contributed by atoms with Crippen molar-refractivity contribution in [2.75, 3.05) is 31.8 Å². The number of benzene rings is 2. The molecule has 0 aliphatic carbocycles. The van der Waals surface area contributed by atoms with Crippen molar-refractivity contribution in [3.05, 3.63) is 66.2 Å². The van der Waals surface area contributed by atoms with Crippen LogP contribution in [-0.2, 0) is 4.79 Å². The van der Waals surface area contributed by atoms with Crippen LogP contribution >= 0.6 is 11.8 Å². The summed E-state index contributed by atoms with van der Waals surface area (Å²) in [6.45, 7) is 1.34. The van der Waals surface area contributed by atoms with Gasteiger partial charge in [-0.2, -0.15) is 0 Å². The fourth-order valence-corrected chi connectivity index (χ4v) is 4.10. The molecule has 8 heteroatoms. The van der Waals surface area contributed by atoms with Crippen LogP contribution in [0.2, 0.25) is 0 Å². The summed E-state index contributed by atoms with van der Waals surface area (Å²) in [5, 5.41) is 8.81. The van der Waals surface area contributed by atoms with Gasteiger partial charge in [0.15, 0.2) is 5.82 Å². The minimum Gasteiger partial charge on any atom is -0.497 e. The molecule has 0 radical (unpaired) electrons. The quantitative estimate of drug-likeness (QED) is 0.486. The summed E-state index contributed by atoms with van der Waals surface area (Å²) in [6.07, 6.45) is 2.99. The van der Waals surface area contributed by atoms with Crippen molar-refractivity contribution in [2.24, 2.45) is 0 Å². The molecule has 2 heterocycles. The van der Waals surface area contributed by atoms with E-state index in [1.54, 1.807) is 7.11 Å². The van der Waals surface area contributed by atoms with Crippen LogP contribution < -0.4 is 10.6 Å². The fraction of sp³-hybridized carbons (Fsp3) is 0.227. The molecule has 2 aromatic carbocycles. The Labute approximate surface area is 179 Å². The number of rotatable bonds is 6. The number of hydrogen-bond donors (Lipinski definition) is 1. The lowest BCUT2D eigenvalue weighted by molar-refractivity contribution is -0.127. The maximum absolute atomic E-state index is 12.6. The molecule has 7 nitrogen and oxygen atoms in total. The molecule has 1 aliphatic rings. The van der Waals surface area contributed by atoms with Gasteiger partial charge in [-0.15, -0.1) is 10.2 Å². The highest BCUT2D eigenvalue weighted by Crippen LogP contribution is 2.25. The number of nitrogen functional groups attached to an aromatic ring is 1. The number of methoxy groups -OCH3 is 1. The van der Waals surface area contributed by atoms with Crippen molar-refractivity contribution < 1.29 is 9.53 Å². The highest BCUT2D eigenvalue weighted by atomic mass is 32.2. The van der Waals surface area contributed by atoms with Crippen LogP contribution in [0.1, 0.15) is 12.0 Å². The summed E-state index contributed by atoms with van der Waals surface area (Å²) in [5.41, 5.74) is 3.35. The molecular weight excluding hydrogens is 398 g/mol. The summed E-state index contributed by atoms with van der Waals surface area (Å²) in [4.78, 5) is 14.5. The molecule has 0 bridgehead atoms. The molecule has 0 spiro atoms. The van der Waals surface area contributed by atoms with Gasteiger partial charge in [0.05, 0.1) is 12.9 Å². The van der Waals surface area contributed by atoms with Crippen molar-refractivity contribution in [1.29, 1.82) is 0 Å². The Morgan fingerprint density at radius 2 is 1.87 bits per heavy atom. The zero-order valence-electron chi connectivity index (χ0n) is 16.7. The van der Waals surface area contributed by atoms with Crippen LogP contribution in [0.5, 0.6) is 5.75 Å². The van der Waals surface area contributed by atoms with E-state index in [0.29, 0.717) is 24.1 Å². The lowest BCUT2D eigenvalue weighted by atomic mass is 10.00. The van der Waals surface area contributed by atoms with E-state index in [2.05, 4.69) is 28.4 Å². The second-order valence-electron chi connectivity index (χ2n) is 6.88. The van der Waals surface area contributed by atoms with Crippen molar-refractivity contribution in [3.63, 3.8) is 0 Å². The van der Waals surface area contributed by atoms with E-state index in [0.717, 1.165) is 17.7 Å². The normalized spacial score (nSPS) is 13.8. The lowest BCUT2D eigenvalue weighted by Crippen LogP contribution is -2.36. The molecule has 0 unspecified atom stereocenters. The van der Waals surface area contributed by atoms with Crippen LogP contribution in [-0.4, -0.2) is 51.6 Å². The van der Waals surface area contributed by atoms with E-state index in [1.807, 2.05) is 47.4 Å². The predicted octanol–water partition coefficient (Wildman–Crippen LogP) is 3.08. The smallest absolute Gasteiger partial charge is 0.233 e. The maximum atomic E-state index is 12.6. The monoisotopic (exact) mass is 421 g/mol. The topological polar surface area (TPSA) is 86.3 Å². The number of carbonyl (C=O) groups excluding carboxylic acids is 1. The zero-order chi connectivity index (χ0) is 20.9.